The van der Waals surface area contributed by atoms with E-state index in [9.17, 15) is 4.79 Å². The van der Waals surface area contributed by atoms with Crippen molar-refractivity contribution in [2.24, 2.45) is 0 Å². The molecule has 1 aliphatic rings. The standard InChI is InChI=1S/C16H17N5O2/c1-10-9-23-7-6-21(10)14-8-13(22)11-2-4-17-16(15(11)19-14)12-3-5-18-20-12/h2-5,8,10H,6-7,9H2,1H3,(H,18,20)(H,19,22)/t10-/m1/s1. The lowest BCUT2D eigenvalue weighted by atomic mass is 10.1. The zero-order valence-corrected chi connectivity index (χ0v) is 12.7. The highest BCUT2D eigenvalue weighted by atomic mass is 16.5. The molecule has 1 fully saturated rings. The van der Waals surface area contributed by atoms with Gasteiger partial charge in [-0.25, -0.2) is 0 Å². The van der Waals surface area contributed by atoms with E-state index in [1.54, 1.807) is 24.5 Å². The van der Waals surface area contributed by atoms with Crippen molar-refractivity contribution in [2.45, 2.75) is 13.0 Å². The Morgan fingerprint density at radius 2 is 2.26 bits per heavy atom. The van der Waals surface area contributed by atoms with Gasteiger partial charge in [-0.2, -0.15) is 5.10 Å². The molecule has 3 aromatic rings. The highest BCUT2D eigenvalue weighted by molar-refractivity contribution is 5.91. The third kappa shape index (κ3) is 2.39. The number of anilines is 1. The molecule has 118 valence electrons. The van der Waals surface area contributed by atoms with Crippen LogP contribution in [0.25, 0.3) is 22.3 Å². The van der Waals surface area contributed by atoms with Gasteiger partial charge in [0.05, 0.1) is 30.5 Å². The van der Waals surface area contributed by atoms with Crippen LogP contribution < -0.4 is 10.3 Å². The fraction of sp³-hybridized carbons (Fsp3) is 0.312. The van der Waals surface area contributed by atoms with Gasteiger partial charge in [0.25, 0.3) is 0 Å². The Kier molecular flexibility index (Phi) is 3.34. The highest BCUT2D eigenvalue weighted by Gasteiger charge is 2.21. The maximum Gasteiger partial charge on any atom is 0.191 e. The van der Waals surface area contributed by atoms with Crippen LogP contribution in [0.1, 0.15) is 6.92 Å². The van der Waals surface area contributed by atoms with E-state index < -0.39 is 0 Å². The summed E-state index contributed by atoms with van der Waals surface area (Å²) in [6.07, 6.45) is 3.31. The molecule has 0 bridgehead atoms. The zero-order chi connectivity index (χ0) is 15.8. The number of ether oxygens (including phenoxy) is 1. The summed E-state index contributed by atoms with van der Waals surface area (Å²) >= 11 is 0. The predicted molar refractivity (Wildman–Crippen MR) is 87.6 cm³/mol. The number of hydrogen-bond donors (Lipinski definition) is 2. The summed E-state index contributed by atoms with van der Waals surface area (Å²) in [5, 5.41) is 7.49. The number of morpholine rings is 1. The summed E-state index contributed by atoms with van der Waals surface area (Å²) in [5.74, 6) is 0.798. The number of rotatable bonds is 2. The lowest BCUT2D eigenvalue weighted by Crippen LogP contribution is -2.44. The topological polar surface area (TPSA) is 86.9 Å². The first-order chi connectivity index (χ1) is 11.2. The molecule has 2 N–H and O–H groups in total. The van der Waals surface area contributed by atoms with Crippen molar-refractivity contribution in [1.29, 1.82) is 0 Å². The first-order valence-corrected chi connectivity index (χ1v) is 7.60. The summed E-state index contributed by atoms with van der Waals surface area (Å²) in [4.78, 5) is 22.5. The number of aromatic nitrogens is 4. The number of aromatic amines is 2. The van der Waals surface area contributed by atoms with Crippen LogP contribution in [0.5, 0.6) is 0 Å². The molecule has 1 aliphatic heterocycles. The number of nitrogens with zero attached hydrogens (tertiary/aromatic N) is 3. The van der Waals surface area contributed by atoms with E-state index in [4.69, 9.17) is 4.74 Å². The number of pyridine rings is 2. The number of hydrogen-bond acceptors (Lipinski definition) is 5. The molecule has 1 saturated heterocycles. The minimum atomic E-state index is -0.0180. The SMILES string of the molecule is C[C@@H]1COCCN1c1cc(=O)c2ccnc(-c3ccn[nH]3)c2[nH]1. The molecule has 0 aromatic carbocycles. The van der Waals surface area contributed by atoms with Gasteiger partial charge in [0.2, 0.25) is 0 Å². The van der Waals surface area contributed by atoms with Gasteiger partial charge < -0.3 is 14.6 Å². The molecule has 7 heteroatoms. The van der Waals surface area contributed by atoms with Gasteiger partial charge in [-0.05, 0) is 19.1 Å². The van der Waals surface area contributed by atoms with Crippen LogP contribution in [0.4, 0.5) is 5.82 Å². The largest absolute Gasteiger partial charge is 0.377 e. The van der Waals surface area contributed by atoms with Crippen LogP contribution in [0.15, 0.2) is 35.4 Å². The van der Waals surface area contributed by atoms with Crippen LogP contribution in [0, 0.1) is 0 Å². The second-order valence-corrected chi connectivity index (χ2v) is 5.69. The van der Waals surface area contributed by atoms with Crippen molar-refractivity contribution in [3.63, 3.8) is 0 Å². The van der Waals surface area contributed by atoms with Crippen LogP contribution >= 0.6 is 0 Å². The molecule has 1 atom stereocenters. The smallest absolute Gasteiger partial charge is 0.191 e. The predicted octanol–water partition coefficient (Wildman–Crippen LogP) is 1.54. The quantitative estimate of drug-likeness (QED) is 0.749. The van der Waals surface area contributed by atoms with Crippen LogP contribution in [-0.2, 0) is 4.74 Å². The maximum absolute atomic E-state index is 12.5. The molecule has 3 aromatic heterocycles. The normalized spacial score (nSPS) is 18.5. The van der Waals surface area contributed by atoms with E-state index in [0.29, 0.717) is 24.3 Å². The first kappa shape index (κ1) is 14.0. The molecule has 7 nitrogen and oxygen atoms in total. The van der Waals surface area contributed by atoms with Gasteiger partial charge in [0.1, 0.15) is 11.5 Å². The minimum Gasteiger partial charge on any atom is -0.377 e. The average Bonchev–Trinajstić information content (AvgIpc) is 3.09. The van der Waals surface area contributed by atoms with Gasteiger partial charge >= 0.3 is 0 Å². The molecule has 0 aliphatic carbocycles. The third-order valence-electron chi connectivity index (χ3n) is 4.17. The fourth-order valence-corrected chi connectivity index (χ4v) is 2.99. The molecular weight excluding hydrogens is 294 g/mol. The summed E-state index contributed by atoms with van der Waals surface area (Å²) in [6.45, 7) is 4.15. The van der Waals surface area contributed by atoms with Crippen molar-refractivity contribution >= 4 is 16.7 Å². The fourth-order valence-electron chi connectivity index (χ4n) is 2.99. The molecule has 23 heavy (non-hydrogen) atoms. The van der Waals surface area contributed by atoms with Gasteiger partial charge in [-0.1, -0.05) is 0 Å². The van der Waals surface area contributed by atoms with E-state index >= 15 is 0 Å². The average molecular weight is 311 g/mol. The molecule has 0 amide bonds. The molecule has 4 rings (SSSR count). The van der Waals surface area contributed by atoms with Crippen LogP contribution in [-0.4, -0.2) is 46.0 Å². The van der Waals surface area contributed by atoms with Gasteiger partial charge in [-0.15, -0.1) is 0 Å². The summed E-state index contributed by atoms with van der Waals surface area (Å²) in [5.41, 5.74) is 2.17. The number of fused-ring (bicyclic) bond motifs is 1. The summed E-state index contributed by atoms with van der Waals surface area (Å²) in [7, 11) is 0. The Morgan fingerprint density at radius 3 is 3.04 bits per heavy atom. The molecule has 0 saturated carbocycles. The highest BCUT2D eigenvalue weighted by Crippen LogP contribution is 2.24. The van der Waals surface area contributed by atoms with Crippen LogP contribution in [0.2, 0.25) is 0 Å². The van der Waals surface area contributed by atoms with Crippen LogP contribution in [0.3, 0.4) is 0 Å². The van der Waals surface area contributed by atoms with Gasteiger partial charge in [0, 0.05) is 30.4 Å². The van der Waals surface area contributed by atoms with Crippen molar-refractivity contribution in [2.75, 3.05) is 24.7 Å². The maximum atomic E-state index is 12.5. The van der Waals surface area contributed by atoms with Gasteiger partial charge in [-0.3, -0.25) is 14.9 Å². The zero-order valence-electron chi connectivity index (χ0n) is 12.7. The van der Waals surface area contributed by atoms with E-state index in [2.05, 4.69) is 32.0 Å². The third-order valence-corrected chi connectivity index (χ3v) is 4.17. The number of H-pyrrole nitrogens is 2. The molecular formula is C16H17N5O2. The Hall–Kier alpha value is -2.67. The summed E-state index contributed by atoms with van der Waals surface area (Å²) < 4.78 is 5.47. The second kappa shape index (κ2) is 5.51. The van der Waals surface area contributed by atoms with Crippen molar-refractivity contribution in [3.8, 4) is 11.4 Å². The Bertz CT molecular complexity index is 887. The van der Waals surface area contributed by atoms with E-state index in [-0.39, 0.29) is 11.5 Å². The Labute approximate surface area is 132 Å². The molecule has 0 unspecified atom stereocenters. The summed E-state index contributed by atoms with van der Waals surface area (Å²) in [6, 6.07) is 5.44. The Morgan fingerprint density at radius 1 is 1.35 bits per heavy atom. The Balaban J connectivity index is 1.92. The molecule has 0 radical (unpaired) electrons. The van der Waals surface area contributed by atoms with Crippen molar-refractivity contribution in [1.82, 2.24) is 20.2 Å². The molecule has 4 heterocycles. The molecule has 0 spiro atoms. The van der Waals surface area contributed by atoms with E-state index in [1.165, 1.54) is 0 Å². The number of nitrogens with one attached hydrogen (secondary N) is 2. The monoisotopic (exact) mass is 311 g/mol. The lowest BCUT2D eigenvalue weighted by Gasteiger charge is -2.34. The minimum absolute atomic E-state index is 0.0180. The van der Waals surface area contributed by atoms with Crippen molar-refractivity contribution < 1.29 is 4.74 Å². The first-order valence-electron chi connectivity index (χ1n) is 7.60. The van der Waals surface area contributed by atoms with E-state index in [0.717, 1.165) is 23.6 Å². The second-order valence-electron chi connectivity index (χ2n) is 5.69. The van der Waals surface area contributed by atoms with Gasteiger partial charge in [0.15, 0.2) is 5.43 Å². The lowest BCUT2D eigenvalue weighted by molar-refractivity contribution is 0.0985. The van der Waals surface area contributed by atoms with E-state index in [1.807, 2.05) is 6.07 Å². The van der Waals surface area contributed by atoms with Crippen molar-refractivity contribution in [3.05, 3.63) is 40.8 Å².